The molecule has 74 valence electrons. The topological polar surface area (TPSA) is 30.7 Å². The Morgan fingerprint density at radius 3 is 2.71 bits per heavy atom. The number of aromatic nitrogens is 3. The van der Waals surface area contributed by atoms with Crippen LogP contribution in [0.5, 0.6) is 0 Å². The Morgan fingerprint density at radius 1 is 1.36 bits per heavy atom. The number of imidazole rings is 1. The maximum atomic E-state index is 4.46. The highest BCUT2D eigenvalue weighted by atomic mass is 15.1. The first-order chi connectivity index (χ1) is 6.59. The number of fused-ring (bicyclic) bond motifs is 1. The molecule has 2 aromatic rings. The van der Waals surface area contributed by atoms with Crippen molar-refractivity contribution in [3.05, 3.63) is 23.7 Å². The molecule has 0 bridgehead atoms. The van der Waals surface area contributed by atoms with E-state index in [0.29, 0.717) is 5.92 Å². The summed E-state index contributed by atoms with van der Waals surface area (Å²) in [5.74, 6) is 1.52. The van der Waals surface area contributed by atoms with Crippen LogP contribution < -0.4 is 0 Å². The molecule has 0 saturated heterocycles. The van der Waals surface area contributed by atoms with Crippen molar-refractivity contribution in [3.8, 4) is 0 Å². The van der Waals surface area contributed by atoms with Crippen LogP contribution in [0.4, 0.5) is 0 Å². The Labute approximate surface area is 83.8 Å². The second-order valence-corrected chi connectivity index (χ2v) is 3.98. The van der Waals surface area contributed by atoms with E-state index >= 15 is 0 Å². The van der Waals surface area contributed by atoms with E-state index in [2.05, 4.69) is 29.9 Å². The van der Waals surface area contributed by atoms with Crippen LogP contribution in [-0.4, -0.2) is 14.5 Å². The minimum Gasteiger partial charge on any atom is -0.316 e. The molecule has 0 aliphatic heterocycles. The van der Waals surface area contributed by atoms with Crippen molar-refractivity contribution in [3.63, 3.8) is 0 Å². The molecule has 0 aromatic carbocycles. The SMILES string of the molecule is Cc1nc2cc(C(C)C)cnc2n1C. The number of nitrogens with zero attached hydrogens (tertiary/aromatic N) is 3. The molecule has 2 rings (SSSR count). The second kappa shape index (κ2) is 3.08. The van der Waals surface area contributed by atoms with Crippen molar-refractivity contribution in [1.29, 1.82) is 0 Å². The van der Waals surface area contributed by atoms with Gasteiger partial charge >= 0.3 is 0 Å². The maximum Gasteiger partial charge on any atom is 0.159 e. The minimum atomic E-state index is 0.509. The monoisotopic (exact) mass is 189 g/mol. The van der Waals surface area contributed by atoms with Crippen molar-refractivity contribution < 1.29 is 0 Å². The van der Waals surface area contributed by atoms with Gasteiger partial charge in [-0.25, -0.2) is 9.97 Å². The average molecular weight is 189 g/mol. The quantitative estimate of drug-likeness (QED) is 0.689. The van der Waals surface area contributed by atoms with Crippen molar-refractivity contribution in [2.75, 3.05) is 0 Å². The van der Waals surface area contributed by atoms with Crippen molar-refractivity contribution in [2.45, 2.75) is 26.7 Å². The molecule has 3 nitrogen and oxygen atoms in total. The van der Waals surface area contributed by atoms with Gasteiger partial charge in [0, 0.05) is 13.2 Å². The second-order valence-electron chi connectivity index (χ2n) is 3.98. The van der Waals surface area contributed by atoms with E-state index in [1.54, 1.807) is 0 Å². The van der Waals surface area contributed by atoms with E-state index < -0.39 is 0 Å². The van der Waals surface area contributed by atoms with Crippen LogP contribution in [0.1, 0.15) is 31.2 Å². The lowest BCUT2D eigenvalue weighted by atomic mass is 10.1. The van der Waals surface area contributed by atoms with Crippen LogP contribution in [0.3, 0.4) is 0 Å². The normalized spacial score (nSPS) is 11.5. The molecular formula is C11H15N3. The molecule has 0 unspecified atom stereocenters. The highest BCUT2D eigenvalue weighted by molar-refractivity contribution is 5.72. The fraction of sp³-hybridized carbons (Fsp3) is 0.455. The number of aryl methyl sites for hydroxylation is 2. The van der Waals surface area contributed by atoms with E-state index in [-0.39, 0.29) is 0 Å². The summed E-state index contributed by atoms with van der Waals surface area (Å²) in [5.41, 5.74) is 3.21. The Kier molecular flexibility index (Phi) is 2.02. The van der Waals surface area contributed by atoms with Gasteiger partial charge in [0.2, 0.25) is 0 Å². The van der Waals surface area contributed by atoms with Gasteiger partial charge in [0.25, 0.3) is 0 Å². The minimum absolute atomic E-state index is 0.509. The average Bonchev–Trinajstić information content (AvgIpc) is 2.42. The highest BCUT2D eigenvalue weighted by Gasteiger charge is 2.07. The van der Waals surface area contributed by atoms with Crippen molar-refractivity contribution in [1.82, 2.24) is 14.5 Å². The molecule has 0 amide bonds. The van der Waals surface area contributed by atoms with E-state index in [1.165, 1.54) is 5.56 Å². The molecule has 0 radical (unpaired) electrons. The van der Waals surface area contributed by atoms with Gasteiger partial charge in [0.1, 0.15) is 11.3 Å². The Bertz CT molecular complexity index is 469. The lowest BCUT2D eigenvalue weighted by Crippen LogP contribution is -1.93. The summed E-state index contributed by atoms with van der Waals surface area (Å²) in [6, 6.07) is 2.12. The fourth-order valence-corrected chi connectivity index (χ4v) is 1.52. The summed E-state index contributed by atoms with van der Waals surface area (Å²) in [4.78, 5) is 8.88. The summed E-state index contributed by atoms with van der Waals surface area (Å²) in [7, 11) is 1.99. The van der Waals surface area contributed by atoms with Gasteiger partial charge in [-0.3, -0.25) is 0 Å². The molecule has 0 fully saturated rings. The molecule has 0 N–H and O–H groups in total. The Hall–Kier alpha value is -1.38. The molecule has 0 aliphatic carbocycles. The fourth-order valence-electron chi connectivity index (χ4n) is 1.52. The smallest absolute Gasteiger partial charge is 0.159 e. The van der Waals surface area contributed by atoms with Crippen molar-refractivity contribution >= 4 is 11.2 Å². The first-order valence-electron chi connectivity index (χ1n) is 4.88. The lowest BCUT2D eigenvalue weighted by molar-refractivity contribution is 0.854. The molecule has 2 aromatic heterocycles. The first-order valence-corrected chi connectivity index (χ1v) is 4.88. The number of pyridine rings is 1. The summed E-state index contributed by atoms with van der Waals surface area (Å²) < 4.78 is 2.01. The molecule has 0 atom stereocenters. The predicted molar refractivity (Wildman–Crippen MR) is 57.3 cm³/mol. The van der Waals surface area contributed by atoms with Gasteiger partial charge in [-0.2, -0.15) is 0 Å². The number of rotatable bonds is 1. The molecule has 3 heteroatoms. The first kappa shape index (κ1) is 9.19. The zero-order chi connectivity index (χ0) is 10.3. The number of hydrogen-bond acceptors (Lipinski definition) is 2. The van der Waals surface area contributed by atoms with E-state index in [1.807, 2.05) is 24.7 Å². The Morgan fingerprint density at radius 2 is 2.07 bits per heavy atom. The van der Waals surface area contributed by atoms with Crippen molar-refractivity contribution in [2.24, 2.45) is 7.05 Å². The van der Waals surface area contributed by atoms with Crippen LogP contribution in [-0.2, 0) is 7.05 Å². The van der Waals surface area contributed by atoms with Gasteiger partial charge in [-0.15, -0.1) is 0 Å². The summed E-state index contributed by atoms with van der Waals surface area (Å²) in [6.45, 7) is 6.33. The molecule has 14 heavy (non-hydrogen) atoms. The third-order valence-electron chi connectivity index (χ3n) is 2.62. The zero-order valence-corrected chi connectivity index (χ0v) is 9.07. The third-order valence-corrected chi connectivity index (χ3v) is 2.62. The lowest BCUT2D eigenvalue weighted by Gasteiger charge is -2.03. The predicted octanol–water partition coefficient (Wildman–Crippen LogP) is 2.40. The molecule has 0 aliphatic rings. The van der Waals surface area contributed by atoms with E-state index in [9.17, 15) is 0 Å². The largest absolute Gasteiger partial charge is 0.316 e. The molecule has 0 spiro atoms. The van der Waals surface area contributed by atoms with Gasteiger partial charge < -0.3 is 4.57 Å². The van der Waals surface area contributed by atoms with Gasteiger partial charge in [0.05, 0.1) is 0 Å². The molecule has 0 saturated carbocycles. The van der Waals surface area contributed by atoms with Crippen LogP contribution >= 0.6 is 0 Å². The summed E-state index contributed by atoms with van der Waals surface area (Å²) in [5, 5.41) is 0. The Balaban J connectivity index is 2.67. The number of hydrogen-bond donors (Lipinski definition) is 0. The molecular weight excluding hydrogens is 174 g/mol. The van der Waals surface area contributed by atoms with Crippen LogP contribution in [0.25, 0.3) is 11.2 Å². The summed E-state index contributed by atoms with van der Waals surface area (Å²) >= 11 is 0. The standard InChI is InChI=1S/C11H15N3/c1-7(2)9-5-10-11(12-6-9)14(4)8(3)13-10/h5-7H,1-4H3. The zero-order valence-electron chi connectivity index (χ0n) is 9.07. The molecule has 2 heterocycles. The van der Waals surface area contributed by atoms with Crippen LogP contribution in [0.2, 0.25) is 0 Å². The van der Waals surface area contributed by atoms with E-state index in [4.69, 9.17) is 0 Å². The highest BCUT2D eigenvalue weighted by Crippen LogP contribution is 2.18. The third kappa shape index (κ3) is 1.29. The summed E-state index contributed by atoms with van der Waals surface area (Å²) in [6.07, 6.45) is 1.94. The van der Waals surface area contributed by atoms with Crippen LogP contribution in [0, 0.1) is 6.92 Å². The van der Waals surface area contributed by atoms with Gasteiger partial charge in [-0.05, 0) is 24.5 Å². The van der Waals surface area contributed by atoms with Crippen LogP contribution in [0.15, 0.2) is 12.3 Å². The maximum absolute atomic E-state index is 4.46. The van der Waals surface area contributed by atoms with E-state index in [0.717, 1.165) is 17.0 Å². The van der Waals surface area contributed by atoms with Gasteiger partial charge in [-0.1, -0.05) is 13.8 Å². The van der Waals surface area contributed by atoms with Gasteiger partial charge in [0.15, 0.2) is 5.65 Å².